The van der Waals surface area contributed by atoms with E-state index in [1.807, 2.05) is 31.3 Å². The number of nitrogens with one attached hydrogen (secondary N) is 1. The van der Waals surface area contributed by atoms with Crippen molar-refractivity contribution < 1.29 is 4.74 Å². The number of anilines is 1. The molecule has 1 N–H and O–H groups in total. The standard InChI is InChI=1S/C11H12BrN3OS/c1-13-11-15-14-10(17-11)7-16-6-8-4-2-3-5-9(8)12/h2-5H,6-7H2,1H3,(H,13,15). The van der Waals surface area contributed by atoms with Crippen molar-refractivity contribution >= 4 is 32.4 Å². The van der Waals surface area contributed by atoms with Gasteiger partial charge in [-0.15, -0.1) is 10.2 Å². The summed E-state index contributed by atoms with van der Waals surface area (Å²) < 4.78 is 6.66. The van der Waals surface area contributed by atoms with Crippen LogP contribution in [0.1, 0.15) is 10.6 Å². The summed E-state index contributed by atoms with van der Waals surface area (Å²) in [6.07, 6.45) is 0. The molecule has 1 heterocycles. The van der Waals surface area contributed by atoms with Crippen LogP contribution in [0.3, 0.4) is 0 Å². The van der Waals surface area contributed by atoms with Gasteiger partial charge in [0.1, 0.15) is 11.6 Å². The van der Waals surface area contributed by atoms with Crippen LogP contribution in [0.25, 0.3) is 0 Å². The zero-order valence-corrected chi connectivity index (χ0v) is 11.7. The molecule has 0 aliphatic carbocycles. The molecule has 0 spiro atoms. The highest BCUT2D eigenvalue weighted by molar-refractivity contribution is 9.10. The van der Waals surface area contributed by atoms with Crippen LogP contribution in [0.2, 0.25) is 0 Å². The predicted molar refractivity (Wildman–Crippen MR) is 72.1 cm³/mol. The minimum absolute atomic E-state index is 0.487. The Morgan fingerprint density at radius 3 is 2.82 bits per heavy atom. The molecule has 0 aliphatic rings. The van der Waals surface area contributed by atoms with Crippen LogP contribution in [0.5, 0.6) is 0 Å². The summed E-state index contributed by atoms with van der Waals surface area (Å²) in [7, 11) is 1.83. The minimum Gasteiger partial charge on any atom is -0.369 e. The molecular formula is C11H12BrN3OS. The average Bonchev–Trinajstić information content (AvgIpc) is 2.80. The van der Waals surface area contributed by atoms with Crippen LogP contribution < -0.4 is 5.32 Å². The Morgan fingerprint density at radius 2 is 2.12 bits per heavy atom. The van der Waals surface area contributed by atoms with E-state index in [2.05, 4.69) is 31.4 Å². The van der Waals surface area contributed by atoms with Crippen molar-refractivity contribution in [3.63, 3.8) is 0 Å². The van der Waals surface area contributed by atoms with Gasteiger partial charge in [0.2, 0.25) is 5.13 Å². The lowest BCUT2D eigenvalue weighted by Crippen LogP contribution is -1.94. The molecule has 1 aromatic carbocycles. The van der Waals surface area contributed by atoms with Crippen LogP contribution in [-0.2, 0) is 18.0 Å². The Kier molecular flexibility index (Phi) is 4.47. The quantitative estimate of drug-likeness (QED) is 0.921. The van der Waals surface area contributed by atoms with E-state index in [1.165, 1.54) is 11.3 Å². The van der Waals surface area contributed by atoms with E-state index in [-0.39, 0.29) is 0 Å². The van der Waals surface area contributed by atoms with E-state index in [4.69, 9.17) is 4.74 Å². The zero-order chi connectivity index (χ0) is 12.1. The Balaban J connectivity index is 1.85. The van der Waals surface area contributed by atoms with Crippen molar-refractivity contribution in [2.45, 2.75) is 13.2 Å². The first-order valence-corrected chi connectivity index (χ1v) is 6.72. The molecular weight excluding hydrogens is 302 g/mol. The summed E-state index contributed by atoms with van der Waals surface area (Å²) in [5, 5.41) is 12.6. The van der Waals surface area contributed by atoms with Crippen molar-refractivity contribution in [1.29, 1.82) is 0 Å². The van der Waals surface area contributed by atoms with Gasteiger partial charge in [0, 0.05) is 11.5 Å². The van der Waals surface area contributed by atoms with Crippen LogP contribution >= 0.6 is 27.3 Å². The van der Waals surface area contributed by atoms with Crippen molar-refractivity contribution in [3.05, 3.63) is 39.3 Å². The maximum atomic E-state index is 5.59. The third kappa shape index (κ3) is 3.49. The van der Waals surface area contributed by atoms with Gasteiger partial charge in [-0.1, -0.05) is 45.5 Å². The van der Waals surface area contributed by atoms with Crippen molar-refractivity contribution in [2.75, 3.05) is 12.4 Å². The summed E-state index contributed by atoms with van der Waals surface area (Å²) >= 11 is 4.98. The van der Waals surface area contributed by atoms with Gasteiger partial charge in [-0.25, -0.2) is 0 Å². The molecule has 6 heteroatoms. The van der Waals surface area contributed by atoms with Crippen LogP contribution in [0, 0.1) is 0 Å². The highest BCUT2D eigenvalue weighted by Crippen LogP contribution is 2.19. The third-order valence-electron chi connectivity index (χ3n) is 2.12. The molecule has 0 radical (unpaired) electrons. The normalized spacial score (nSPS) is 10.5. The predicted octanol–water partition coefficient (Wildman–Crippen LogP) is 3.06. The van der Waals surface area contributed by atoms with E-state index in [0.29, 0.717) is 13.2 Å². The monoisotopic (exact) mass is 313 g/mol. The summed E-state index contributed by atoms with van der Waals surface area (Å²) in [6, 6.07) is 8.01. The van der Waals surface area contributed by atoms with Gasteiger partial charge >= 0.3 is 0 Å². The maximum absolute atomic E-state index is 5.59. The van der Waals surface area contributed by atoms with Gasteiger partial charge in [-0.05, 0) is 11.6 Å². The van der Waals surface area contributed by atoms with Crippen molar-refractivity contribution in [2.24, 2.45) is 0 Å². The zero-order valence-electron chi connectivity index (χ0n) is 9.31. The SMILES string of the molecule is CNc1nnc(COCc2ccccc2Br)s1. The number of hydrogen-bond donors (Lipinski definition) is 1. The minimum atomic E-state index is 0.487. The second-order valence-corrected chi connectivity index (χ2v) is 5.25. The molecule has 0 amide bonds. The molecule has 0 saturated heterocycles. The smallest absolute Gasteiger partial charge is 0.205 e. The lowest BCUT2D eigenvalue weighted by atomic mass is 10.2. The van der Waals surface area contributed by atoms with Gasteiger partial charge in [0.05, 0.1) is 6.61 Å². The number of aromatic nitrogens is 2. The number of benzene rings is 1. The number of rotatable bonds is 5. The molecule has 90 valence electrons. The van der Waals surface area contributed by atoms with Gasteiger partial charge < -0.3 is 10.1 Å². The molecule has 4 nitrogen and oxygen atoms in total. The maximum Gasteiger partial charge on any atom is 0.205 e. The van der Waals surface area contributed by atoms with Gasteiger partial charge in [0.15, 0.2) is 0 Å². The summed E-state index contributed by atoms with van der Waals surface area (Å²) in [5.41, 5.74) is 1.13. The number of nitrogens with zero attached hydrogens (tertiary/aromatic N) is 2. The Bertz CT molecular complexity index is 489. The van der Waals surface area contributed by atoms with Gasteiger partial charge in [-0.2, -0.15) is 0 Å². The fourth-order valence-electron chi connectivity index (χ4n) is 1.28. The van der Waals surface area contributed by atoms with Crippen molar-refractivity contribution in [3.8, 4) is 0 Å². The molecule has 0 fully saturated rings. The van der Waals surface area contributed by atoms with E-state index >= 15 is 0 Å². The van der Waals surface area contributed by atoms with E-state index in [0.717, 1.165) is 20.2 Å². The van der Waals surface area contributed by atoms with Crippen LogP contribution in [-0.4, -0.2) is 17.2 Å². The fourth-order valence-corrected chi connectivity index (χ4v) is 2.31. The molecule has 1 aromatic heterocycles. The van der Waals surface area contributed by atoms with E-state index in [9.17, 15) is 0 Å². The Morgan fingerprint density at radius 1 is 1.29 bits per heavy atom. The Hall–Kier alpha value is -0.980. The second-order valence-electron chi connectivity index (χ2n) is 3.34. The van der Waals surface area contributed by atoms with Crippen LogP contribution in [0.15, 0.2) is 28.7 Å². The topological polar surface area (TPSA) is 47.0 Å². The van der Waals surface area contributed by atoms with Gasteiger partial charge in [-0.3, -0.25) is 0 Å². The first kappa shape index (κ1) is 12.5. The highest BCUT2D eigenvalue weighted by atomic mass is 79.9. The molecule has 0 aliphatic heterocycles. The van der Waals surface area contributed by atoms with Crippen molar-refractivity contribution in [1.82, 2.24) is 10.2 Å². The molecule has 0 unspecified atom stereocenters. The molecule has 2 aromatic rings. The second kappa shape index (κ2) is 6.09. The number of hydrogen-bond acceptors (Lipinski definition) is 5. The average molecular weight is 314 g/mol. The lowest BCUT2D eigenvalue weighted by molar-refractivity contribution is 0.106. The van der Waals surface area contributed by atoms with Gasteiger partial charge in [0.25, 0.3) is 0 Å². The van der Waals surface area contributed by atoms with E-state index in [1.54, 1.807) is 0 Å². The first-order valence-electron chi connectivity index (χ1n) is 5.11. The molecule has 2 rings (SSSR count). The largest absolute Gasteiger partial charge is 0.369 e. The Labute approximate surface area is 112 Å². The lowest BCUT2D eigenvalue weighted by Gasteiger charge is -2.03. The molecule has 0 saturated carbocycles. The van der Waals surface area contributed by atoms with E-state index < -0.39 is 0 Å². The third-order valence-corrected chi connectivity index (χ3v) is 3.81. The number of ether oxygens (including phenoxy) is 1. The summed E-state index contributed by atoms with van der Waals surface area (Å²) in [6.45, 7) is 1.05. The fraction of sp³-hybridized carbons (Fsp3) is 0.273. The number of halogens is 1. The summed E-state index contributed by atoms with van der Waals surface area (Å²) in [5.74, 6) is 0. The molecule has 17 heavy (non-hydrogen) atoms. The summed E-state index contributed by atoms with van der Waals surface area (Å²) in [4.78, 5) is 0. The molecule has 0 atom stereocenters. The van der Waals surface area contributed by atoms with Crippen LogP contribution in [0.4, 0.5) is 5.13 Å². The highest BCUT2D eigenvalue weighted by Gasteiger charge is 2.03. The first-order chi connectivity index (χ1) is 8.29. The molecule has 0 bridgehead atoms.